The maximum absolute atomic E-state index is 12.4. The highest BCUT2D eigenvalue weighted by Gasteiger charge is 2.29. The largest absolute Gasteiger partial charge is 0.289 e. The molecule has 0 N–H and O–H groups in total. The first-order valence-electron chi connectivity index (χ1n) is 6.67. The molecule has 19 heavy (non-hydrogen) atoms. The maximum Gasteiger partial charge on any atom is 0.194 e. The van der Waals surface area contributed by atoms with Crippen LogP contribution in [0.25, 0.3) is 11.1 Å². The molecule has 0 atom stereocenters. The van der Waals surface area contributed by atoms with E-state index in [9.17, 15) is 4.79 Å². The molecule has 1 heterocycles. The lowest BCUT2D eigenvalue weighted by Gasteiger charge is -2.08. The molecule has 0 amide bonds. The number of hydrogen-bond acceptors (Lipinski definition) is 2. The molecule has 2 aliphatic rings. The molecule has 2 aromatic rings. The number of aliphatic imine (C=N–C) groups is 1. The summed E-state index contributed by atoms with van der Waals surface area (Å²) in [4.78, 5) is 17.0. The van der Waals surface area contributed by atoms with Gasteiger partial charge in [-0.25, -0.2) is 0 Å². The van der Waals surface area contributed by atoms with Crippen LogP contribution in [0.2, 0.25) is 0 Å². The van der Waals surface area contributed by atoms with Gasteiger partial charge in [-0.15, -0.1) is 0 Å². The van der Waals surface area contributed by atoms with E-state index in [-0.39, 0.29) is 5.78 Å². The number of carbonyl (C=O) groups is 1. The number of hydrogen-bond donors (Lipinski definition) is 0. The number of benzene rings is 2. The molecule has 4 rings (SSSR count). The molecule has 92 valence electrons. The van der Waals surface area contributed by atoms with Gasteiger partial charge in [0.2, 0.25) is 0 Å². The highest BCUT2D eigenvalue weighted by Crippen LogP contribution is 2.39. The molecule has 0 bridgehead atoms. The summed E-state index contributed by atoms with van der Waals surface area (Å²) >= 11 is 0. The highest BCUT2D eigenvalue weighted by molar-refractivity contribution is 6.25. The normalized spacial score (nSPS) is 16.2. The molecule has 0 aromatic heterocycles. The summed E-state index contributed by atoms with van der Waals surface area (Å²) in [5.74, 6) is 0.144. The zero-order valence-electron chi connectivity index (χ0n) is 10.5. The molecule has 1 aliphatic carbocycles. The molecule has 0 radical (unpaired) electrons. The SMILES string of the molecule is O=C1c2ccccc2-c2c1cccc2C1=NCCC1. The summed E-state index contributed by atoms with van der Waals surface area (Å²) in [6.07, 6.45) is 2.14. The summed E-state index contributed by atoms with van der Waals surface area (Å²) in [6, 6.07) is 13.9. The summed E-state index contributed by atoms with van der Waals surface area (Å²) in [7, 11) is 0. The van der Waals surface area contributed by atoms with Crippen molar-refractivity contribution in [2.24, 2.45) is 4.99 Å². The van der Waals surface area contributed by atoms with Crippen LogP contribution in [0.5, 0.6) is 0 Å². The third-order valence-electron chi connectivity index (χ3n) is 3.94. The van der Waals surface area contributed by atoms with Crippen LogP contribution < -0.4 is 0 Å². The summed E-state index contributed by atoms with van der Waals surface area (Å²) in [6.45, 7) is 0.911. The molecule has 1 aliphatic heterocycles. The van der Waals surface area contributed by atoms with Gasteiger partial charge >= 0.3 is 0 Å². The van der Waals surface area contributed by atoms with Crippen molar-refractivity contribution in [1.82, 2.24) is 0 Å². The molecule has 0 saturated heterocycles. The molecule has 2 nitrogen and oxygen atoms in total. The molecule has 0 spiro atoms. The van der Waals surface area contributed by atoms with Gasteiger partial charge in [0.05, 0.1) is 0 Å². The zero-order chi connectivity index (χ0) is 12.8. The van der Waals surface area contributed by atoms with Crippen LogP contribution in [0.3, 0.4) is 0 Å². The van der Waals surface area contributed by atoms with Gasteiger partial charge in [-0.3, -0.25) is 9.79 Å². The first-order valence-corrected chi connectivity index (χ1v) is 6.67. The van der Waals surface area contributed by atoms with Crippen LogP contribution in [0.4, 0.5) is 0 Å². The fourth-order valence-corrected chi connectivity index (χ4v) is 3.08. The Morgan fingerprint density at radius 2 is 1.58 bits per heavy atom. The van der Waals surface area contributed by atoms with E-state index in [1.54, 1.807) is 0 Å². The quantitative estimate of drug-likeness (QED) is 0.647. The summed E-state index contributed by atoms with van der Waals surface area (Å²) < 4.78 is 0. The van der Waals surface area contributed by atoms with Gasteiger partial charge < -0.3 is 0 Å². The second-order valence-corrected chi connectivity index (χ2v) is 5.03. The van der Waals surface area contributed by atoms with E-state index >= 15 is 0 Å². The van der Waals surface area contributed by atoms with E-state index in [4.69, 9.17) is 0 Å². The lowest BCUT2D eigenvalue weighted by molar-refractivity contribution is 0.104. The van der Waals surface area contributed by atoms with Gasteiger partial charge in [0.1, 0.15) is 0 Å². The van der Waals surface area contributed by atoms with Crippen molar-refractivity contribution in [2.75, 3.05) is 6.54 Å². The van der Waals surface area contributed by atoms with E-state index < -0.39 is 0 Å². The lowest BCUT2D eigenvalue weighted by Crippen LogP contribution is -2.01. The van der Waals surface area contributed by atoms with Crippen molar-refractivity contribution in [2.45, 2.75) is 12.8 Å². The van der Waals surface area contributed by atoms with Gasteiger partial charge in [0, 0.05) is 34.5 Å². The van der Waals surface area contributed by atoms with Crippen LogP contribution >= 0.6 is 0 Å². The van der Waals surface area contributed by atoms with Crippen LogP contribution in [0.1, 0.15) is 34.3 Å². The van der Waals surface area contributed by atoms with Crippen molar-refractivity contribution in [1.29, 1.82) is 0 Å². The lowest BCUT2D eigenvalue weighted by atomic mass is 9.95. The monoisotopic (exact) mass is 247 g/mol. The van der Waals surface area contributed by atoms with E-state index in [1.165, 1.54) is 0 Å². The van der Waals surface area contributed by atoms with Gasteiger partial charge in [-0.05, 0) is 18.4 Å². The summed E-state index contributed by atoms with van der Waals surface area (Å²) in [5, 5.41) is 0. The topological polar surface area (TPSA) is 29.4 Å². The number of rotatable bonds is 1. The van der Waals surface area contributed by atoms with Crippen molar-refractivity contribution in [3.63, 3.8) is 0 Å². The minimum absolute atomic E-state index is 0.144. The number of fused-ring (bicyclic) bond motifs is 3. The van der Waals surface area contributed by atoms with Crippen LogP contribution in [-0.4, -0.2) is 18.0 Å². The first-order chi connectivity index (χ1) is 9.36. The van der Waals surface area contributed by atoms with Gasteiger partial charge in [0.15, 0.2) is 5.78 Å². The third kappa shape index (κ3) is 1.43. The van der Waals surface area contributed by atoms with Crippen molar-refractivity contribution in [3.8, 4) is 11.1 Å². The van der Waals surface area contributed by atoms with Gasteiger partial charge in [-0.1, -0.05) is 42.5 Å². The maximum atomic E-state index is 12.4. The molecular weight excluding hydrogens is 234 g/mol. The van der Waals surface area contributed by atoms with Gasteiger partial charge in [0.25, 0.3) is 0 Å². The molecule has 2 heteroatoms. The predicted molar refractivity (Wildman–Crippen MR) is 75.9 cm³/mol. The fourth-order valence-electron chi connectivity index (χ4n) is 3.08. The minimum Gasteiger partial charge on any atom is -0.289 e. The minimum atomic E-state index is 0.144. The van der Waals surface area contributed by atoms with E-state index in [0.29, 0.717) is 0 Å². The predicted octanol–water partition coefficient (Wildman–Crippen LogP) is 3.48. The Morgan fingerprint density at radius 1 is 0.842 bits per heavy atom. The third-order valence-corrected chi connectivity index (χ3v) is 3.94. The Morgan fingerprint density at radius 3 is 2.37 bits per heavy atom. The molecule has 0 saturated carbocycles. The van der Waals surface area contributed by atoms with Crippen molar-refractivity contribution < 1.29 is 4.79 Å². The Bertz CT molecular complexity index is 728. The smallest absolute Gasteiger partial charge is 0.194 e. The van der Waals surface area contributed by atoms with Crippen LogP contribution in [0.15, 0.2) is 47.5 Å². The van der Waals surface area contributed by atoms with E-state index in [2.05, 4.69) is 11.1 Å². The van der Waals surface area contributed by atoms with E-state index in [1.807, 2.05) is 36.4 Å². The number of carbonyl (C=O) groups excluding carboxylic acids is 1. The highest BCUT2D eigenvalue weighted by atomic mass is 16.1. The molecule has 2 aromatic carbocycles. The standard InChI is InChI=1S/C17H13NO/c19-17-12-6-2-1-5-11(12)16-13(7-3-8-14(16)17)15-9-4-10-18-15/h1-3,5-8H,4,9-10H2. The molecule has 0 unspecified atom stereocenters. The van der Waals surface area contributed by atoms with Crippen molar-refractivity contribution >= 4 is 11.5 Å². The number of ketones is 1. The van der Waals surface area contributed by atoms with Gasteiger partial charge in [-0.2, -0.15) is 0 Å². The Labute approximate surface area is 111 Å². The zero-order valence-corrected chi connectivity index (χ0v) is 10.5. The number of nitrogens with zero attached hydrogens (tertiary/aromatic N) is 1. The Balaban J connectivity index is 2.03. The van der Waals surface area contributed by atoms with Crippen LogP contribution in [0, 0.1) is 0 Å². The van der Waals surface area contributed by atoms with Crippen LogP contribution in [-0.2, 0) is 0 Å². The second kappa shape index (κ2) is 3.89. The first kappa shape index (κ1) is 10.7. The Kier molecular flexibility index (Phi) is 2.18. The van der Waals surface area contributed by atoms with Crippen molar-refractivity contribution in [3.05, 3.63) is 59.2 Å². The molecule has 0 fully saturated rings. The van der Waals surface area contributed by atoms with E-state index in [0.717, 1.165) is 52.9 Å². The second-order valence-electron chi connectivity index (χ2n) is 5.03. The fraction of sp³-hybridized carbons (Fsp3) is 0.176. The average Bonchev–Trinajstić information content (AvgIpc) is 3.08. The molecular formula is C17H13NO. The average molecular weight is 247 g/mol. The Hall–Kier alpha value is -2.22. The summed E-state index contributed by atoms with van der Waals surface area (Å²) in [5.41, 5.74) is 6.10.